The van der Waals surface area contributed by atoms with E-state index in [0.29, 0.717) is 12.2 Å². The van der Waals surface area contributed by atoms with E-state index in [4.69, 9.17) is 4.74 Å². The van der Waals surface area contributed by atoms with Crippen LogP contribution < -0.4 is 10.1 Å². The van der Waals surface area contributed by atoms with Crippen LogP contribution >= 0.6 is 11.3 Å². The molecule has 1 aromatic carbocycles. The lowest BCUT2D eigenvalue weighted by Crippen LogP contribution is -2.41. The molecule has 2 aromatic heterocycles. The number of carbonyl (C=O) groups is 1. The first kappa shape index (κ1) is 16.6. The SMILES string of the molecule is COc1cccc(Cn2c(C(=O)NC(C)(C)C)cc3ccsc32)c1. The molecule has 126 valence electrons. The van der Waals surface area contributed by atoms with Gasteiger partial charge < -0.3 is 14.6 Å². The minimum Gasteiger partial charge on any atom is -0.497 e. The van der Waals surface area contributed by atoms with E-state index in [0.717, 1.165) is 21.5 Å². The van der Waals surface area contributed by atoms with Crippen molar-refractivity contribution in [3.05, 3.63) is 53.0 Å². The number of benzene rings is 1. The summed E-state index contributed by atoms with van der Waals surface area (Å²) in [5.74, 6) is 0.775. The number of carbonyl (C=O) groups excluding carboxylic acids is 1. The molecule has 3 rings (SSSR count). The van der Waals surface area contributed by atoms with Gasteiger partial charge in [-0.3, -0.25) is 4.79 Å². The molecule has 0 aliphatic heterocycles. The molecule has 0 fully saturated rings. The quantitative estimate of drug-likeness (QED) is 0.769. The number of rotatable bonds is 4. The van der Waals surface area contributed by atoms with Crippen LogP contribution in [0, 0.1) is 0 Å². The van der Waals surface area contributed by atoms with Gasteiger partial charge in [-0.2, -0.15) is 0 Å². The number of amides is 1. The first-order valence-corrected chi connectivity index (χ1v) is 8.77. The first-order valence-electron chi connectivity index (χ1n) is 7.89. The lowest BCUT2D eigenvalue weighted by molar-refractivity contribution is 0.0911. The minimum absolute atomic E-state index is 0.0474. The van der Waals surface area contributed by atoms with Gasteiger partial charge in [0.15, 0.2) is 0 Å². The van der Waals surface area contributed by atoms with Gasteiger partial charge in [0, 0.05) is 17.5 Å². The average molecular weight is 342 g/mol. The molecule has 0 aliphatic carbocycles. The van der Waals surface area contributed by atoms with Gasteiger partial charge in [0.25, 0.3) is 5.91 Å². The maximum absolute atomic E-state index is 12.7. The van der Waals surface area contributed by atoms with Crippen molar-refractivity contribution in [2.24, 2.45) is 0 Å². The predicted molar refractivity (Wildman–Crippen MR) is 99.1 cm³/mol. The molecule has 1 N–H and O–H groups in total. The third-order valence-electron chi connectivity index (χ3n) is 3.70. The zero-order chi connectivity index (χ0) is 17.3. The Kier molecular flexibility index (Phi) is 4.37. The zero-order valence-electron chi connectivity index (χ0n) is 14.4. The predicted octanol–water partition coefficient (Wildman–Crippen LogP) is 4.29. The van der Waals surface area contributed by atoms with Crippen molar-refractivity contribution in [2.45, 2.75) is 32.9 Å². The van der Waals surface area contributed by atoms with E-state index < -0.39 is 0 Å². The molecule has 5 heteroatoms. The summed E-state index contributed by atoms with van der Waals surface area (Å²) >= 11 is 1.65. The lowest BCUT2D eigenvalue weighted by atomic mass is 10.1. The van der Waals surface area contributed by atoms with Crippen LogP contribution in [0.25, 0.3) is 10.2 Å². The zero-order valence-corrected chi connectivity index (χ0v) is 15.2. The summed E-state index contributed by atoms with van der Waals surface area (Å²) in [5, 5.41) is 6.21. The van der Waals surface area contributed by atoms with Crippen LogP contribution in [0.2, 0.25) is 0 Å². The fourth-order valence-electron chi connectivity index (χ4n) is 2.68. The van der Waals surface area contributed by atoms with E-state index >= 15 is 0 Å². The van der Waals surface area contributed by atoms with Crippen LogP contribution in [0.1, 0.15) is 36.8 Å². The number of methoxy groups -OCH3 is 1. The molecule has 0 aliphatic rings. The van der Waals surface area contributed by atoms with E-state index in [1.165, 1.54) is 0 Å². The van der Waals surface area contributed by atoms with Crippen LogP contribution in [-0.4, -0.2) is 23.1 Å². The molecule has 3 aromatic rings. The molecule has 0 saturated heterocycles. The normalized spacial score (nSPS) is 11.7. The van der Waals surface area contributed by atoms with Gasteiger partial charge in [0.05, 0.1) is 7.11 Å². The number of nitrogens with one attached hydrogen (secondary N) is 1. The third-order valence-corrected chi connectivity index (χ3v) is 4.65. The van der Waals surface area contributed by atoms with Crippen LogP contribution in [0.4, 0.5) is 0 Å². The van der Waals surface area contributed by atoms with E-state index in [1.807, 2.05) is 51.1 Å². The summed E-state index contributed by atoms with van der Waals surface area (Å²) < 4.78 is 7.38. The summed E-state index contributed by atoms with van der Waals surface area (Å²) in [6.07, 6.45) is 0. The lowest BCUT2D eigenvalue weighted by Gasteiger charge is -2.21. The molecule has 24 heavy (non-hydrogen) atoms. The molecular weight excluding hydrogens is 320 g/mol. The largest absolute Gasteiger partial charge is 0.497 e. The Balaban J connectivity index is 2.00. The van der Waals surface area contributed by atoms with Crippen molar-refractivity contribution < 1.29 is 9.53 Å². The van der Waals surface area contributed by atoms with Crippen molar-refractivity contribution in [1.29, 1.82) is 0 Å². The fraction of sp³-hybridized carbons (Fsp3) is 0.316. The van der Waals surface area contributed by atoms with Gasteiger partial charge in [0.1, 0.15) is 16.3 Å². The number of nitrogens with zero attached hydrogens (tertiary/aromatic N) is 1. The van der Waals surface area contributed by atoms with Gasteiger partial charge in [0.2, 0.25) is 0 Å². The highest BCUT2D eigenvalue weighted by Gasteiger charge is 2.21. The van der Waals surface area contributed by atoms with Gasteiger partial charge in [-0.25, -0.2) is 0 Å². The summed E-state index contributed by atoms with van der Waals surface area (Å²) in [5.41, 5.74) is 1.52. The van der Waals surface area contributed by atoms with Crippen LogP contribution in [-0.2, 0) is 6.54 Å². The third kappa shape index (κ3) is 3.46. The Morgan fingerprint density at radius 1 is 1.25 bits per heavy atom. The number of fused-ring (bicyclic) bond motifs is 1. The maximum Gasteiger partial charge on any atom is 0.268 e. The summed E-state index contributed by atoms with van der Waals surface area (Å²) in [6, 6.07) is 12.0. The molecule has 0 spiro atoms. The number of hydrogen-bond donors (Lipinski definition) is 1. The number of ether oxygens (including phenoxy) is 1. The van der Waals surface area contributed by atoms with E-state index in [9.17, 15) is 4.79 Å². The fourth-order valence-corrected chi connectivity index (χ4v) is 3.57. The van der Waals surface area contributed by atoms with Gasteiger partial charge in [-0.05, 0) is 56.0 Å². The van der Waals surface area contributed by atoms with Crippen molar-refractivity contribution >= 4 is 27.5 Å². The van der Waals surface area contributed by atoms with Crippen molar-refractivity contribution in [1.82, 2.24) is 9.88 Å². The number of thiophene rings is 1. The summed E-state index contributed by atoms with van der Waals surface area (Å²) in [7, 11) is 1.66. The molecule has 0 saturated carbocycles. The Bertz CT molecular complexity index is 871. The Morgan fingerprint density at radius 3 is 2.75 bits per heavy atom. The topological polar surface area (TPSA) is 43.3 Å². The van der Waals surface area contributed by atoms with Gasteiger partial charge in [-0.1, -0.05) is 12.1 Å². The molecule has 1 amide bonds. The number of hydrogen-bond acceptors (Lipinski definition) is 3. The van der Waals surface area contributed by atoms with Gasteiger partial charge in [-0.15, -0.1) is 11.3 Å². The summed E-state index contributed by atoms with van der Waals surface area (Å²) in [4.78, 5) is 13.8. The highest BCUT2D eigenvalue weighted by atomic mass is 32.1. The Hall–Kier alpha value is -2.27. The molecule has 0 unspecified atom stereocenters. The second-order valence-electron chi connectivity index (χ2n) is 6.85. The van der Waals surface area contributed by atoms with Crippen LogP contribution in [0.5, 0.6) is 5.75 Å². The molecule has 0 radical (unpaired) electrons. The molecule has 0 bridgehead atoms. The monoisotopic (exact) mass is 342 g/mol. The maximum atomic E-state index is 12.7. The van der Waals surface area contributed by atoms with Crippen molar-refractivity contribution in [3.63, 3.8) is 0 Å². The number of aromatic nitrogens is 1. The molecule has 2 heterocycles. The molecule has 0 atom stereocenters. The Labute approximate surface area is 146 Å². The standard InChI is InChI=1S/C19H22N2O2S/c1-19(2,3)20-17(22)16-11-14-8-9-24-18(14)21(16)12-13-6-5-7-15(10-13)23-4/h5-11H,12H2,1-4H3,(H,20,22). The smallest absolute Gasteiger partial charge is 0.268 e. The molecule has 4 nitrogen and oxygen atoms in total. The molecular formula is C19H22N2O2S. The van der Waals surface area contributed by atoms with E-state index in [2.05, 4.69) is 21.3 Å². The van der Waals surface area contributed by atoms with Crippen LogP contribution in [0.15, 0.2) is 41.8 Å². The highest BCUT2D eigenvalue weighted by molar-refractivity contribution is 7.16. The van der Waals surface area contributed by atoms with E-state index in [1.54, 1.807) is 18.4 Å². The Morgan fingerprint density at radius 2 is 2.04 bits per heavy atom. The first-order chi connectivity index (χ1) is 11.4. The summed E-state index contributed by atoms with van der Waals surface area (Å²) in [6.45, 7) is 6.60. The van der Waals surface area contributed by atoms with E-state index in [-0.39, 0.29) is 11.4 Å². The van der Waals surface area contributed by atoms with Crippen molar-refractivity contribution in [2.75, 3.05) is 7.11 Å². The second kappa shape index (κ2) is 6.32. The van der Waals surface area contributed by atoms with Crippen molar-refractivity contribution in [3.8, 4) is 5.75 Å². The average Bonchev–Trinajstić information content (AvgIpc) is 3.08. The minimum atomic E-state index is -0.268. The van der Waals surface area contributed by atoms with Gasteiger partial charge >= 0.3 is 0 Å². The highest BCUT2D eigenvalue weighted by Crippen LogP contribution is 2.27. The van der Waals surface area contributed by atoms with Crippen LogP contribution in [0.3, 0.4) is 0 Å². The second-order valence-corrected chi connectivity index (χ2v) is 7.75.